The molecule has 3 rings (SSSR count). The van der Waals surface area contributed by atoms with Crippen molar-refractivity contribution in [3.63, 3.8) is 0 Å². The van der Waals surface area contributed by atoms with Crippen LogP contribution in [0.2, 0.25) is 0 Å². The van der Waals surface area contributed by atoms with E-state index in [-0.39, 0.29) is 15.2 Å². The van der Waals surface area contributed by atoms with E-state index in [0.717, 1.165) is 0 Å². The summed E-state index contributed by atoms with van der Waals surface area (Å²) in [5, 5.41) is 11.4. The van der Waals surface area contributed by atoms with E-state index in [0.29, 0.717) is 5.92 Å². The lowest BCUT2D eigenvalue weighted by Gasteiger charge is -2.47. The first-order chi connectivity index (χ1) is 15.2. The van der Waals surface area contributed by atoms with Gasteiger partial charge in [-0.25, -0.2) is 0 Å². The molecule has 0 fully saturated rings. The van der Waals surface area contributed by atoms with E-state index in [1.807, 2.05) is 43.4 Å². The Balaban J connectivity index is 2.07. The zero-order valence-corrected chi connectivity index (χ0v) is 22.0. The number of benzene rings is 3. The van der Waals surface area contributed by atoms with E-state index in [4.69, 9.17) is 0 Å². The highest BCUT2D eigenvalue weighted by Crippen LogP contribution is 2.58. The molecule has 0 saturated carbocycles. The Kier molecular flexibility index (Phi) is 8.85. The molecule has 2 atom stereocenters. The fraction of sp³-hybridized carbons (Fsp3) is 0.357. The van der Waals surface area contributed by atoms with Gasteiger partial charge in [-0.15, -0.1) is 35.3 Å². The van der Waals surface area contributed by atoms with Gasteiger partial charge in [0.05, 0.1) is 9.68 Å². The van der Waals surface area contributed by atoms with E-state index in [9.17, 15) is 5.11 Å². The Labute approximate surface area is 206 Å². The Hall–Kier alpha value is -1.33. The van der Waals surface area contributed by atoms with Gasteiger partial charge in [0.1, 0.15) is 0 Å². The van der Waals surface area contributed by atoms with Crippen molar-refractivity contribution in [3.8, 4) is 0 Å². The largest absolute Gasteiger partial charge is 0.389 e. The smallest absolute Gasteiger partial charge is 0.0764 e. The first kappa shape index (κ1) is 25.3. The second-order valence-electron chi connectivity index (χ2n) is 9.00. The maximum Gasteiger partial charge on any atom is 0.0764 e. The summed E-state index contributed by atoms with van der Waals surface area (Å²) in [6.45, 7) is 10.9. The van der Waals surface area contributed by atoms with Crippen molar-refractivity contribution in [2.75, 3.05) is 0 Å². The lowest BCUT2D eigenvalue weighted by Crippen LogP contribution is -2.48. The Morgan fingerprint density at radius 2 is 1.00 bits per heavy atom. The average molecular weight is 483 g/mol. The van der Waals surface area contributed by atoms with Crippen molar-refractivity contribution in [2.45, 2.75) is 64.2 Å². The number of thioether (sulfide) groups is 3. The van der Waals surface area contributed by atoms with Crippen LogP contribution >= 0.6 is 35.3 Å². The highest BCUT2D eigenvalue weighted by Gasteiger charge is 2.48. The molecule has 1 nitrogen and oxygen atoms in total. The predicted octanol–water partition coefficient (Wildman–Crippen LogP) is 8.49. The summed E-state index contributed by atoms with van der Waals surface area (Å²) in [5.74, 6) is 0.567. The molecule has 3 aromatic carbocycles. The third kappa shape index (κ3) is 6.38. The number of hydrogen-bond donors (Lipinski definition) is 1. The zero-order chi connectivity index (χ0) is 23.2. The monoisotopic (exact) mass is 482 g/mol. The molecule has 0 radical (unpaired) electrons. The molecule has 0 aliphatic rings. The molecule has 4 heteroatoms. The molecular weight excluding hydrogens is 449 g/mol. The molecule has 0 saturated heterocycles. The van der Waals surface area contributed by atoms with Crippen molar-refractivity contribution in [1.82, 2.24) is 0 Å². The van der Waals surface area contributed by atoms with Gasteiger partial charge in [-0.05, 0) is 62.1 Å². The van der Waals surface area contributed by atoms with Crippen LogP contribution in [0, 0.1) is 11.8 Å². The van der Waals surface area contributed by atoms with Crippen LogP contribution in [0.4, 0.5) is 0 Å². The molecule has 0 unspecified atom stereocenters. The minimum absolute atomic E-state index is 0.0136. The van der Waals surface area contributed by atoms with Crippen LogP contribution in [0.5, 0.6) is 0 Å². The highest BCUT2D eigenvalue weighted by molar-refractivity contribution is 8.18. The molecule has 0 bridgehead atoms. The first-order valence-corrected chi connectivity index (χ1v) is 13.7. The average Bonchev–Trinajstić information content (AvgIpc) is 2.78. The van der Waals surface area contributed by atoms with Crippen molar-refractivity contribution < 1.29 is 5.11 Å². The topological polar surface area (TPSA) is 20.2 Å². The van der Waals surface area contributed by atoms with Crippen molar-refractivity contribution in [3.05, 3.63) is 91.0 Å². The lowest BCUT2D eigenvalue weighted by atomic mass is 9.87. The molecule has 170 valence electrons. The maximum absolute atomic E-state index is 11.3. The predicted molar refractivity (Wildman–Crippen MR) is 144 cm³/mol. The van der Waals surface area contributed by atoms with Gasteiger partial charge in [0.2, 0.25) is 0 Å². The van der Waals surface area contributed by atoms with Crippen LogP contribution in [0.1, 0.15) is 34.6 Å². The second-order valence-corrected chi connectivity index (χ2v) is 13.2. The van der Waals surface area contributed by atoms with Gasteiger partial charge in [0, 0.05) is 19.9 Å². The molecule has 3 aromatic rings. The molecule has 0 amide bonds. The first-order valence-electron chi connectivity index (χ1n) is 11.1. The summed E-state index contributed by atoms with van der Waals surface area (Å²) < 4.78 is -0.171. The number of aliphatic hydroxyl groups is 1. The summed E-state index contributed by atoms with van der Waals surface area (Å²) in [6.07, 6.45) is 0. The van der Waals surface area contributed by atoms with E-state index in [1.165, 1.54) is 14.7 Å². The molecule has 0 aromatic heterocycles. The minimum atomic E-state index is -0.839. The third-order valence-corrected chi connectivity index (χ3v) is 11.3. The van der Waals surface area contributed by atoms with Crippen LogP contribution in [0.15, 0.2) is 106 Å². The molecular formula is C28H34OS3. The summed E-state index contributed by atoms with van der Waals surface area (Å²) in [5.41, 5.74) is -0.839. The molecule has 0 aliphatic carbocycles. The quantitative estimate of drug-likeness (QED) is 0.231. The molecule has 0 spiro atoms. The van der Waals surface area contributed by atoms with Crippen LogP contribution in [0.3, 0.4) is 0 Å². The van der Waals surface area contributed by atoms with Gasteiger partial charge in [0.25, 0.3) is 0 Å². The fourth-order valence-electron chi connectivity index (χ4n) is 4.03. The van der Waals surface area contributed by atoms with Gasteiger partial charge in [-0.1, -0.05) is 75.4 Å². The van der Waals surface area contributed by atoms with Gasteiger partial charge in [-0.2, -0.15) is 0 Å². The molecule has 1 N–H and O–H groups in total. The van der Waals surface area contributed by atoms with Crippen LogP contribution in [0.25, 0.3) is 0 Å². The Morgan fingerprint density at radius 3 is 1.34 bits per heavy atom. The Bertz CT molecular complexity index is 895. The van der Waals surface area contributed by atoms with Gasteiger partial charge < -0.3 is 5.11 Å². The van der Waals surface area contributed by atoms with Crippen LogP contribution in [-0.2, 0) is 0 Å². The van der Waals surface area contributed by atoms with Crippen LogP contribution < -0.4 is 0 Å². The summed E-state index contributed by atoms with van der Waals surface area (Å²) in [4.78, 5) is 3.71. The summed E-state index contributed by atoms with van der Waals surface area (Å²) >= 11 is 5.67. The van der Waals surface area contributed by atoms with E-state index in [2.05, 4.69) is 106 Å². The van der Waals surface area contributed by atoms with E-state index >= 15 is 0 Å². The van der Waals surface area contributed by atoms with Crippen LogP contribution in [-0.4, -0.2) is 20.0 Å². The summed E-state index contributed by atoms with van der Waals surface area (Å²) in [6, 6.07) is 31.8. The normalized spacial score (nSPS) is 14.3. The number of rotatable bonds is 10. The molecule has 0 heterocycles. The third-order valence-electron chi connectivity index (χ3n) is 5.64. The van der Waals surface area contributed by atoms with E-state index < -0.39 is 5.60 Å². The second kappa shape index (κ2) is 11.2. The SMILES string of the molecule is CC(C)C(Sc1ccccc1)(Sc1ccccc1)[C@@H](C)[C@H](Sc1ccccc1)C(C)(C)O. The molecule has 0 aliphatic heterocycles. The zero-order valence-electron chi connectivity index (χ0n) is 19.6. The Morgan fingerprint density at radius 1 is 0.625 bits per heavy atom. The summed E-state index contributed by atoms with van der Waals surface area (Å²) in [7, 11) is 0. The van der Waals surface area contributed by atoms with Crippen molar-refractivity contribution in [1.29, 1.82) is 0 Å². The minimum Gasteiger partial charge on any atom is -0.389 e. The standard InChI is InChI=1S/C28H34OS3/c1-21(2)28(31-24-17-11-7-12-18-24,32-25-19-13-8-14-20-25)22(3)26(27(4,5)29)30-23-15-9-6-10-16-23/h6-22,26,29H,1-5H3/t22-,26-/m0/s1. The number of hydrogen-bond acceptors (Lipinski definition) is 4. The van der Waals surface area contributed by atoms with Gasteiger partial charge >= 0.3 is 0 Å². The lowest BCUT2D eigenvalue weighted by molar-refractivity contribution is 0.0588. The van der Waals surface area contributed by atoms with Crippen molar-refractivity contribution >= 4 is 35.3 Å². The molecule has 32 heavy (non-hydrogen) atoms. The maximum atomic E-state index is 11.3. The van der Waals surface area contributed by atoms with Gasteiger partial charge in [0.15, 0.2) is 0 Å². The van der Waals surface area contributed by atoms with Gasteiger partial charge in [-0.3, -0.25) is 0 Å². The highest BCUT2D eigenvalue weighted by atomic mass is 32.2. The fourth-order valence-corrected chi connectivity index (χ4v) is 8.70. The van der Waals surface area contributed by atoms with Crippen molar-refractivity contribution in [2.24, 2.45) is 11.8 Å². The van der Waals surface area contributed by atoms with E-state index in [1.54, 1.807) is 11.8 Å².